The van der Waals surface area contributed by atoms with E-state index in [1.165, 1.54) is 24.3 Å². The number of aromatic nitrogens is 1. The number of hydrogen-bond donors (Lipinski definition) is 0. The third-order valence-electron chi connectivity index (χ3n) is 3.79. The third kappa shape index (κ3) is 2.03. The molecule has 0 spiro atoms. The Hall–Kier alpha value is -3.29. The minimum Gasteiger partial charge on any atom is -0.432 e. The van der Waals surface area contributed by atoms with Crippen molar-refractivity contribution in [3.63, 3.8) is 0 Å². The van der Waals surface area contributed by atoms with Crippen LogP contribution in [0.15, 0.2) is 34.7 Å². The zero-order valence-corrected chi connectivity index (χ0v) is 12.1. The number of carbonyl (C=O) groups is 2. The van der Waals surface area contributed by atoms with Gasteiger partial charge in [-0.1, -0.05) is 24.3 Å². The molecule has 8 heteroatoms. The van der Waals surface area contributed by atoms with E-state index in [1.807, 2.05) is 0 Å². The van der Waals surface area contributed by atoms with Crippen molar-refractivity contribution in [3.8, 4) is 11.5 Å². The predicted molar refractivity (Wildman–Crippen MR) is 75.1 cm³/mol. The van der Waals surface area contributed by atoms with Crippen molar-refractivity contribution in [2.24, 2.45) is 0 Å². The van der Waals surface area contributed by atoms with Crippen molar-refractivity contribution < 1.29 is 31.6 Å². The lowest BCUT2D eigenvalue weighted by atomic mass is 9.91. The van der Waals surface area contributed by atoms with Crippen LogP contribution in [0.4, 0.5) is 17.6 Å². The molecule has 0 aliphatic heterocycles. The van der Waals surface area contributed by atoms with Gasteiger partial charge in [0.1, 0.15) is 5.56 Å². The second-order valence-corrected chi connectivity index (χ2v) is 5.24. The van der Waals surface area contributed by atoms with Gasteiger partial charge in [-0.3, -0.25) is 9.59 Å². The summed E-state index contributed by atoms with van der Waals surface area (Å²) < 4.78 is 59.6. The number of benzene rings is 2. The van der Waals surface area contributed by atoms with Crippen LogP contribution in [0.1, 0.15) is 32.2 Å². The fourth-order valence-corrected chi connectivity index (χ4v) is 2.62. The van der Waals surface area contributed by atoms with Crippen LogP contribution in [0.2, 0.25) is 0 Å². The molecule has 0 saturated heterocycles. The smallest absolute Gasteiger partial charge is 0.233 e. The van der Waals surface area contributed by atoms with Crippen LogP contribution in [0, 0.1) is 23.3 Å². The number of hydrogen-bond acceptors (Lipinski definition) is 4. The van der Waals surface area contributed by atoms with E-state index in [-0.39, 0.29) is 17.2 Å². The highest BCUT2D eigenvalue weighted by atomic mass is 19.2. The molecule has 0 radical (unpaired) electrons. The van der Waals surface area contributed by atoms with Crippen LogP contribution in [-0.4, -0.2) is 16.6 Å². The van der Waals surface area contributed by atoms with Crippen molar-refractivity contribution in [3.05, 3.63) is 76.2 Å². The molecule has 1 aliphatic rings. The summed E-state index contributed by atoms with van der Waals surface area (Å²) in [5.41, 5.74) is -1.61. The summed E-state index contributed by atoms with van der Waals surface area (Å²) in [5, 5.41) is 0. The number of halogens is 4. The first-order valence-electron chi connectivity index (χ1n) is 6.92. The third-order valence-corrected chi connectivity index (χ3v) is 3.79. The highest BCUT2D eigenvalue weighted by Gasteiger charge is 2.36. The molecule has 0 unspecified atom stereocenters. The van der Waals surface area contributed by atoms with Gasteiger partial charge in [-0.25, -0.2) is 22.5 Å². The number of carbonyl (C=O) groups excluding carboxylic acids is 2. The average Bonchev–Trinajstić information content (AvgIpc) is 3.04. The fraction of sp³-hybridized carbons (Fsp3) is 0. The first-order valence-corrected chi connectivity index (χ1v) is 6.92. The molecular weight excluding hydrogens is 342 g/mol. The topological polar surface area (TPSA) is 60.2 Å². The van der Waals surface area contributed by atoms with Gasteiger partial charge in [0, 0.05) is 17.2 Å². The molecular formula is C17H5F4NO3. The van der Waals surface area contributed by atoms with Crippen molar-refractivity contribution in [1.82, 2.24) is 4.98 Å². The molecule has 4 nitrogen and oxygen atoms in total. The molecule has 25 heavy (non-hydrogen) atoms. The molecule has 1 heterocycles. The Morgan fingerprint density at radius 3 is 2.00 bits per heavy atom. The molecule has 0 amide bonds. The van der Waals surface area contributed by atoms with Crippen LogP contribution in [0.3, 0.4) is 0 Å². The molecule has 0 N–H and O–H groups in total. The molecule has 0 atom stereocenters. The SMILES string of the molecule is O=C1c2ccccc2C(=O)c2oc(-c3c(F)c(F)cc(F)c3F)nc21. The van der Waals surface area contributed by atoms with E-state index in [0.717, 1.165) is 0 Å². The Kier molecular flexibility index (Phi) is 3.11. The van der Waals surface area contributed by atoms with E-state index < -0.39 is 57.7 Å². The lowest BCUT2D eigenvalue weighted by Crippen LogP contribution is -2.19. The van der Waals surface area contributed by atoms with Gasteiger partial charge in [0.2, 0.25) is 23.2 Å². The average molecular weight is 347 g/mol. The molecule has 0 fully saturated rings. The van der Waals surface area contributed by atoms with Gasteiger partial charge in [-0.2, -0.15) is 0 Å². The van der Waals surface area contributed by atoms with E-state index in [2.05, 4.69) is 4.98 Å². The van der Waals surface area contributed by atoms with Gasteiger partial charge in [0.25, 0.3) is 0 Å². The van der Waals surface area contributed by atoms with Crippen LogP contribution >= 0.6 is 0 Å². The molecule has 1 aliphatic carbocycles. The van der Waals surface area contributed by atoms with Gasteiger partial charge in [0.05, 0.1) is 0 Å². The van der Waals surface area contributed by atoms with Gasteiger partial charge < -0.3 is 4.42 Å². The number of nitrogens with zero attached hydrogens (tertiary/aromatic N) is 1. The second kappa shape index (κ2) is 5.10. The maximum absolute atomic E-state index is 13.9. The first-order chi connectivity index (χ1) is 11.9. The van der Waals surface area contributed by atoms with Crippen LogP contribution < -0.4 is 0 Å². The quantitative estimate of drug-likeness (QED) is 0.389. The highest BCUT2D eigenvalue weighted by molar-refractivity contribution is 6.26. The van der Waals surface area contributed by atoms with E-state index in [4.69, 9.17) is 4.42 Å². The summed E-state index contributed by atoms with van der Waals surface area (Å²) >= 11 is 0. The summed E-state index contributed by atoms with van der Waals surface area (Å²) in [6.45, 7) is 0. The molecule has 2 aromatic carbocycles. The van der Waals surface area contributed by atoms with Gasteiger partial charge in [-0.05, 0) is 0 Å². The first kappa shape index (κ1) is 15.3. The predicted octanol–water partition coefficient (Wildman–Crippen LogP) is 3.67. The van der Waals surface area contributed by atoms with Gasteiger partial charge >= 0.3 is 0 Å². The zero-order valence-electron chi connectivity index (χ0n) is 12.1. The van der Waals surface area contributed by atoms with Crippen LogP contribution in [-0.2, 0) is 0 Å². The number of fused-ring (bicyclic) bond motifs is 2. The van der Waals surface area contributed by atoms with E-state index >= 15 is 0 Å². The molecule has 3 aromatic rings. The van der Waals surface area contributed by atoms with Crippen molar-refractivity contribution in [1.29, 1.82) is 0 Å². The van der Waals surface area contributed by atoms with E-state index in [0.29, 0.717) is 0 Å². The molecule has 1 aromatic heterocycles. The molecule has 0 bridgehead atoms. The molecule has 0 saturated carbocycles. The second-order valence-electron chi connectivity index (χ2n) is 5.24. The fourth-order valence-electron chi connectivity index (χ4n) is 2.62. The van der Waals surface area contributed by atoms with Gasteiger partial charge in [-0.15, -0.1) is 0 Å². The minimum absolute atomic E-state index is 0.0309. The summed E-state index contributed by atoms with van der Waals surface area (Å²) in [6.07, 6.45) is 0. The highest BCUT2D eigenvalue weighted by Crippen LogP contribution is 2.34. The number of ketones is 2. The Morgan fingerprint density at radius 1 is 0.840 bits per heavy atom. The zero-order chi connectivity index (χ0) is 17.9. The van der Waals surface area contributed by atoms with Crippen molar-refractivity contribution >= 4 is 11.6 Å². The van der Waals surface area contributed by atoms with Crippen LogP contribution in [0.5, 0.6) is 0 Å². The van der Waals surface area contributed by atoms with Crippen LogP contribution in [0.25, 0.3) is 11.5 Å². The van der Waals surface area contributed by atoms with E-state index in [1.54, 1.807) is 0 Å². The maximum Gasteiger partial charge on any atom is 0.233 e. The number of rotatable bonds is 1. The number of oxazole rings is 1. The normalized spacial score (nSPS) is 13.0. The Bertz CT molecular complexity index is 1010. The van der Waals surface area contributed by atoms with E-state index in [9.17, 15) is 27.2 Å². The lowest BCUT2D eigenvalue weighted by Gasteiger charge is -2.10. The lowest BCUT2D eigenvalue weighted by molar-refractivity contribution is 0.0959. The Labute approximate surface area is 136 Å². The largest absolute Gasteiger partial charge is 0.432 e. The summed E-state index contributed by atoms with van der Waals surface area (Å²) in [5.74, 6) is -9.66. The summed E-state index contributed by atoms with van der Waals surface area (Å²) in [4.78, 5) is 28.4. The standard InChI is InChI=1S/C17H5F4NO3/c18-8-5-9(19)12(21)10(11(8)20)17-22-13-14(23)6-3-1-2-4-7(6)15(24)16(13)25-17/h1-5H. The van der Waals surface area contributed by atoms with Gasteiger partial charge in [0.15, 0.2) is 29.0 Å². The maximum atomic E-state index is 13.9. The van der Waals surface area contributed by atoms with Crippen molar-refractivity contribution in [2.45, 2.75) is 0 Å². The summed E-state index contributed by atoms with van der Waals surface area (Å²) in [7, 11) is 0. The molecule has 124 valence electrons. The Morgan fingerprint density at radius 2 is 1.40 bits per heavy atom. The summed E-state index contributed by atoms with van der Waals surface area (Å²) in [6, 6.07) is 5.84. The molecule has 4 rings (SSSR count). The minimum atomic E-state index is -1.74. The van der Waals surface area contributed by atoms with Crippen molar-refractivity contribution in [2.75, 3.05) is 0 Å². The Balaban J connectivity index is 1.97. The monoisotopic (exact) mass is 347 g/mol.